The monoisotopic (exact) mass is 323 g/mol. The van der Waals surface area contributed by atoms with Gasteiger partial charge in [0.2, 0.25) is 0 Å². The number of fused-ring (bicyclic) bond motifs is 1. The average molecular weight is 324 g/mol. The van der Waals surface area contributed by atoms with Gasteiger partial charge in [-0.1, -0.05) is 48.0 Å². The largest absolute Gasteiger partial charge is 0.377 e. The fraction of sp³-hybridized carbons (Fsp3) is 0.625. The van der Waals surface area contributed by atoms with Crippen molar-refractivity contribution in [2.45, 2.75) is 45.4 Å². The van der Waals surface area contributed by atoms with E-state index in [-0.39, 0.29) is 5.41 Å². The van der Waals surface area contributed by atoms with Crippen molar-refractivity contribution in [2.24, 2.45) is 11.3 Å². The molecule has 0 bridgehead atoms. The molecule has 3 heteroatoms. The lowest BCUT2D eigenvalue weighted by atomic mass is 9.57. The number of hydrogen-bond acceptors (Lipinski definition) is 2. The lowest BCUT2D eigenvalue weighted by Crippen LogP contribution is -2.66. The maximum atomic E-state index is 5.86. The van der Waals surface area contributed by atoms with Crippen LogP contribution in [0.25, 0.3) is 0 Å². The smallest absolute Gasteiger partial charge is 0.0685 e. The van der Waals surface area contributed by atoms with Crippen LogP contribution in [0.4, 0.5) is 0 Å². The molecule has 1 saturated carbocycles. The Morgan fingerprint density at radius 1 is 1.37 bits per heavy atom. The SMILES string of the molecule is CC(NC1C2CCOC2C1(C)C)c1ccccc1Br. The summed E-state index contributed by atoms with van der Waals surface area (Å²) in [6.45, 7) is 7.83. The van der Waals surface area contributed by atoms with Gasteiger partial charge in [-0.25, -0.2) is 0 Å². The van der Waals surface area contributed by atoms with E-state index in [1.165, 1.54) is 16.5 Å². The van der Waals surface area contributed by atoms with E-state index in [0.717, 1.165) is 6.61 Å². The Hall–Kier alpha value is -0.380. The topological polar surface area (TPSA) is 21.3 Å². The molecule has 0 spiro atoms. The van der Waals surface area contributed by atoms with Gasteiger partial charge in [0.1, 0.15) is 0 Å². The summed E-state index contributed by atoms with van der Waals surface area (Å²) in [6.07, 6.45) is 1.66. The molecule has 0 amide bonds. The molecule has 104 valence electrons. The Morgan fingerprint density at radius 2 is 2.11 bits per heavy atom. The Morgan fingerprint density at radius 3 is 2.84 bits per heavy atom. The zero-order chi connectivity index (χ0) is 13.6. The van der Waals surface area contributed by atoms with Crippen LogP contribution in [0.1, 0.15) is 38.8 Å². The van der Waals surface area contributed by atoms with E-state index in [1.54, 1.807) is 0 Å². The van der Waals surface area contributed by atoms with Crippen LogP contribution in [-0.2, 0) is 4.74 Å². The molecule has 4 unspecified atom stereocenters. The van der Waals surface area contributed by atoms with Gasteiger partial charge < -0.3 is 10.1 Å². The number of nitrogens with one attached hydrogen (secondary N) is 1. The normalized spacial score (nSPS) is 33.6. The molecule has 1 saturated heterocycles. The second-order valence-corrected chi connectivity index (χ2v) is 7.31. The predicted molar refractivity (Wildman–Crippen MR) is 81.1 cm³/mol. The number of halogens is 1. The number of hydrogen-bond donors (Lipinski definition) is 1. The molecule has 1 aliphatic carbocycles. The fourth-order valence-corrected chi connectivity index (χ4v) is 4.48. The first kappa shape index (κ1) is 13.6. The summed E-state index contributed by atoms with van der Waals surface area (Å²) in [6, 6.07) is 9.39. The molecule has 2 aliphatic rings. The number of benzene rings is 1. The molecule has 0 aromatic heterocycles. The van der Waals surface area contributed by atoms with Crippen molar-refractivity contribution in [2.75, 3.05) is 6.61 Å². The summed E-state index contributed by atoms with van der Waals surface area (Å²) in [7, 11) is 0. The molecule has 1 aromatic carbocycles. The van der Waals surface area contributed by atoms with Crippen molar-refractivity contribution in [1.29, 1.82) is 0 Å². The van der Waals surface area contributed by atoms with Gasteiger partial charge in [0, 0.05) is 34.5 Å². The third kappa shape index (κ3) is 2.16. The van der Waals surface area contributed by atoms with E-state index in [1.807, 2.05) is 0 Å². The zero-order valence-electron chi connectivity index (χ0n) is 11.8. The molecule has 4 atom stereocenters. The van der Waals surface area contributed by atoms with Crippen LogP contribution in [-0.4, -0.2) is 18.8 Å². The maximum Gasteiger partial charge on any atom is 0.0685 e. The van der Waals surface area contributed by atoms with Crippen molar-refractivity contribution < 1.29 is 4.74 Å². The second-order valence-electron chi connectivity index (χ2n) is 6.45. The van der Waals surface area contributed by atoms with Crippen LogP contribution in [0.2, 0.25) is 0 Å². The highest BCUT2D eigenvalue weighted by atomic mass is 79.9. The molecule has 1 heterocycles. The van der Waals surface area contributed by atoms with E-state index >= 15 is 0 Å². The van der Waals surface area contributed by atoms with Crippen LogP contribution in [0.3, 0.4) is 0 Å². The van der Waals surface area contributed by atoms with E-state index in [9.17, 15) is 0 Å². The quantitative estimate of drug-likeness (QED) is 0.910. The second kappa shape index (κ2) is 4.87. The fourth-order valence-electron chi connectivity index (χ4n) is 3.85. The molecule has 3 rings (SSSR count). The molecular formula is C16H22BrNO. The van der Waals surface area contributed by atoms with Crippen LogP contribution in [0.5, 0.6) is 0 Å². The maximum absolute atomic E-state index is 5.86. The third-order valence-electron chi connectivity index (χ3n) is 4.90. The Labute approximate surface area is 124 Å². The lowest BCUT2D eigenvalue weighted by Gasteiger charge is -2.55. The van der Waals surface area contributed by atoms with E-state index in [2.05, 4.69) is 66.3 Å². The third-order valence-corrected chi connectivity index (χ3v) is 5.62. The highest BCUT2D eigenvalue weighted by Gasteiger charge is 2.59. The van der Waals surface area contributed by atoms with Gasteiger partial charge in [-0.15, -0.1) is 0 Å². The summed E-state index contributed by atoms with van der Waals surface area (Å²) in [5.41, 5.74) is 1.58. The molecule has 0 radical (unpaired) electrons. The van der Waals surface area contributed by atoms with Gasteiger partial charge in [0.05, 0.1) is 6.10 Å². The first-order chi connectivity index (χ1) is 9.01. The van der Waals surface area contributed by atoms with Gasteiger partial charge in [-0.05, 0) is 25.0 Å². The molecule has 19 heavy (non-hydrogen) atoms. The predicted octanol–water partition coefficient (Wildman–Crippen LogP) is 3.91. The summed E-state index contributed by atoms with van der Waals surface area (Å²) >= 11 is 3.65. The highest BCUT2D eigenvalue weighted by Crippen LogP contribution is 2.52. The van der Waals surface area contributed by atoms with Crippen molar-refractivity contribution in [3.05, 3.63) is 34.3 Å². The summed E-state index contributed by atoms with van der Waals surface area (Å²) in [5, 5.41) is 3.83. The zero-order valence-corrected chi connectivity index (χ0v) is 13.4. The van der Waals surface area contributed by atoms with Crippen LogP contribution < -0.4 is 5.32 Å². The number of rotatable bonds is 3. The van der Waals surface area contributed by atoms with E-state index in [4.69, 9.17) is 4.74 Å². The van der Waals surface area contributed by atoms with Crippen LogP contribution in [0.15, 0.2) is 28.7 Å². The Kier molecular flexibility index (Phi) is 3.48. The molecule has 2 nitrogen and oxygen atoms in total. The summed E-state index contributed by atoms with van der Waals surface area (Å²) in [5.74, 6) is 0.694. The molecule has 1 aliphatic heterocycles. The van der Waals surface area contributed by atoms with Crippen molar-refractivity contribution in [3.8, 4) is 0 Å². The molecule has 2 fully saturated rings. The van der Waals surface area contributed by atoms with Gasteiger partial charge >= 0.3 is 0 Å². The Bertz CT molecular complexity index is 474. The van der Waals surface area contributed by atoms with E-state index in [0.29, 0.717) is 24.1 Å². The van der Waals surface area contributed by atoms with Gasteiger partial charge in [0.25, 0.3) is 0 Å². The van der Waals surface area contributed by atoms with E-state index < -0.39 is 0 Å². The highest BCUT2D eigenvalue weighted by molar-refractivity contribution is 9.10. The standard InChI is InChI=1S/C16H22BrNO/c1-10(11-6-4-5-7-13(11)17)18-14-12-8-9-19-15(12)16(14,2)3/h4-7,10,12,14-15,18H,8-9H2,1-3H3. The van der Waals surface area contributed by atoms with Gasteiger partial charge in [-0.2, -0.15) is 0 Å². The minimum absolute atomic E-state index is 0.247. The first-order valence-corrected chi connectivity index (χ1v) is 7.93. The minimum Gasteiger partial charge on any atom is -0.377 e. The van der Waals surface area contributed by atoms with Crippen LogP contribution >= 0.6 is 15.9 Å². The minimum atomic E-state index is 0.247. The first-order valence-electron chi connectivity index (χ1n) is 7.14. The summed E-state index contributed by atoms with van der Waals surface area (Å²) < 4.78 is 7.05. The van der Waals surface area contributed by atoms with Crippen LogP contribution in [0, 0.1) is 11.3 Å². The van der Waals surface area contributed by atoms with Crippen molar-refractivity contribution in [3.63, 3.8) is 0 Å². The molecule has 1 aromatic rings. The van der Waals surface area contributed by atoms with Crippen molar-refractivity contribution >= 4 is 15.9 Å². The lowest BCUT2D eigenvalue weighted by molar-refractivity contribution is -0.115. The Balaban J connectivity index is 1.74. The van der Waals surface area contributed by atoms with Crippen molar-refractivity contribution in [1.82, 2.24) is 5.32 Å². The number of ether oxygens (including phenoxy) is 1. The van der Waals surface area contributed by atoms with Gasteiger partial charge in [0.15, 0.2) is 0 Å². The van der Waals surface area contributed by atoms with Gasteiger partial charge in [-0.3, -0.25) is 0 Å². The molecule has 1 N–H and O–H groups in total. The average Bonchev–Trinajstić information content (AvgIpc) is 2.83. The summed E-state index contributed by atoms with van der Waals surface area (Å²) in [4.78, 5) is 0. The molecular weight excluding hydrogens is 302 g/mol.